The fourth-order valence-electron chi connectivity index (χ4n) is 1.55. The zero-order chi connectivity index (χ0) is 11.4. The molecule has 0 radical (unpaired) electrons. The summed E-state index contributed by atoms with van der Waals surface area (Å²) in [6.07, 6.45) is 4.72. The van der Waals surface area contributed by atoms with Gasteiger partial charge in [-0.15, -0.1) is 0 Å². The third kappa shape index (κ3) is 2.85. The van der Waals surface area contributed by atoms with E-state index in [1.807, 2.05) is 36.1 Å². The highest BCUT2D eigenvalue weighted by Crippen LogP contribution is 2.15. The summed E-state index contributed by atoms with van der Waals surface area (Å²) in [5.41, 5.74) is 1.13. The van der Waals surface area contributed by atoms with E-state index in [1.54, 1.807) is 0 Å². The lowest BCUT2D eigenvalue weighted by molar-refractivity contribution is 0.789. The summed E-state index contributed by atoms with van der Waals surface area (Å²) in [6, 6.07) is 8.17. The molecule has 2 rings (SSSR count). The van der Waals surface area contributed by atoms with Crippen molar-refractivity contribution in [1.82, 2.24) is 9.55 Å². The van der Waals surface area contributed by atoms with E-state index < -0.39 is 0 Å². The molecule has 0 amide bonds. The Balaban J connectivity index is 1.87. The van der Waals surface area contributed by atoms with Crippen LogP contribution in [0.1, 0.15) is 5.82 Å². The maximum Gasteiger partial charge on any atom is 0.110 e. The normalized spacial score (nSPS) is 10.4. The Morgan fingerprint density at radius 1 is 1.44 bits per heavy atom. The third-order valence-electron chi connectivity index (χ3n) is 2.42. The minimum atomic E-state index is 0.890. The van der Waals surface area contributed by atoms with Gasteiger partial charge in [0, 0.05) is 42.6 Å². The van der Waals surface area contributed by atoms with Gasteiger partial charge in [0.15, 0.2) is 0 Å². The van der Waals surface area contributed by atoms with Gasteiger partial charge in [-0.2, -0.15) is 0 Å². The van der Waals surface area contributed by atoms with Gasteiger partial charge >= 0.3 is 0 Å². The highest BCUT2D eigenvalue weighted by atomic mass is 79.9. The summed E-state index contributed by atoms with van der Waals surface area (Å²) in [7, 11) is 2.02. The Kier molecular flexibility index (Phi) is 3.62. The van der Waals surface area contributed by atoms with Crippen LogP contribution in [0.2, 0.25) is 0 Å². The molecule has 0 aliphatic carbocycles. The number of nitrogens with zero attached hydrogens (tertiary/aromatic N) is 2. The minimum Gasteiger partial charge on any atom is -0.385 e. The SMILES string of the molecule is Cn1ccnc1CCNc1cccc(Br)c1. The largest absolute Gasteiger partial charge is 0.385 e. The maximum absolute atomic E-state index is 4.28. The first-order chi connectivity index (χ1) is 7.75. The number of imidazole rings is 1. The molecule has 0 saturated carbocycles. The summed E-state index contributed by atoms with van der Waals surface area (Å²) in [5, 5.41) is 3.37. The van der Waals surface area contributed by atoms with Crippen molar-refractivity contribution in [3.63, 3.8) is 0 Å². The first-order valence-electron chi connectivity index (χ1n) is 5.21. The van der Waals surface area contributed by atoms with E-state index in [0.717, 1.165) is 29.0 Å². The monoisotopic (exact) mass is 279 g/mol. The molecule has 0 spiro atoms. The number of rotatable bonds is 4. The molecule has 16 heavy (non-hydrogen) atoms. The quantitative estimate of drug-likeness (QED) is 0.933. The third-order valence-corrected chi connectivity index (χ3v) is 2.92. The van der Waals surface area contributed by atoms with E-state index in [1.165, 1.54) is 0 Å². The summed E-state index contributed by atoms with van der Waals surface area (Å²) in [6.45, 7) is 0.890. The Morgan fingerprint density at radius 3 is 3.00 bits per heavy atom. The van der Waals surface area contributed by atoms with Crippen LogP contribution in [0.25, 0.3) is 0 Å². The van der Waals surface area contributed by atoms with Crippen molar-refractivity contribution in [3.8, 4) is 0 Å². The molecule has 0 saturated heterocycles. The lowest BCUT2D eigenvalue weighted by Gasteiger charge is -2.06. The minimum absolute atomic E-state index is 0.890. The van der Waals surface area contributed by atoms with Crippen molar-refractivity contribution < 1.29 is 0 Å². The van der Waals surface area contributed by atoms with Crippen LogP contribution in [0.5, 0.6) is 0 Å². The molecule has 1 heterocycles. The molecule has 0 atom stereocenters. The highest BCUT2D eigenvalue weighted by Gasteiger charge is 1.98. The lowest BCUT2D eigenvalue weighted by atomic mass is 10.3. The van der Waals surface area contributed by atoms with Crippen LogP contribution in [-0.2, 0) is 13.5 Å². The number of hydrogen-bond acceptors (Lipinski definition) is 2. The number of nitrogens with one attached hydrogen (secondary N) is 1. The molecule has 2 aromatic rings. The second-order valence-electron chi connectivity index (χ2n) is 3.64. The van der Waals surface area contributed by atoms with Crippen LogP contribution in [0.3, 0.4) is 0 Å². The maximum atomic E-state index is 4.28. The average Bonchev–Trinajstić information content (AvgIpc) is 2.65. The molecule has 1 N–H and O–H groups in total. The van der Waals surface area contributed by atoms with E-state index in [0.29, 0.717) is 0 Å². The highest BCUT2D eigenvalue weighted by molar-refractivity contribution is 9.10. The van der Waals surface area contributed by atoms with Gasteiger partial charge in [-0.1, -0.05) is 22.0 Å². The van der Waals surface area contributed by atoms with Gasteiger partial charge in [0.2, 0.25) is 0 Å². The summed E-state index contributed by atoms with van der Waals surface area (Å²) < 4.78 is 3.14. The van der Waals surface area contributed by atoms with Gasteiger partial charge in [-0.3, -0.25) is 0 Å². The predicted molar refractivity (Wildman–Crippen MR) is 69.5 cm³/mol. The topological polar surface area (TPSA) is 29.9 Å². The molecule has 0 aliphatic heterocycles. The van der Waals surface area contributed by atoms with Crippen molar-refractivity contribution >= 4 is 21.6 Å². The van der Waals surface area contributed by atoms with Crippen molar-refractivity contribution in [3.05, 3.63) is 47.0 Å². The molecule has 84 valence electrons. The standard InChI is InChI=1S/C12H14BrN3/c1-16-8-7-15-12(16)5-6-14-11-4-2-3-10(13)9-11/h2-4,7-9,14H,5-6H2,1H3. The predicted octanol–water partition coefficient (Wildman–Crippen LogP) is 2.84. The van der Waals surface area contributed by atoms with Crippen LogP contribution >= 0.6 is 15.9 Å². The number of halogens is 1. The van der Waals surface area contributed by atoms with E-state index in [2.05, 4.69) is 38.4 Å². The van der Waals surface area contributed by atoms with Gasteiger partial charge in [0.05, 0.1) is 0 Å². The first-order valence-corrected chi connectivity index (χ1v) is 6.00. The van der Waals surface area contributed by atoms with Gasteiger partial charge in [0.1, 0.15) is 5.82 Å². The number of benzene rings is 1. The smallest absolute Gasteiger partial charge is 0.110 e. The Labute approximate surface area is 104 Å². The van der Waals surface area contributed by atoms with E-state index in [9.17, 15) is 0 Å². The zero-order valence-electron chi connectivity index (χ0n) is 9.15. The number of hydrogen-bond donors (Lipinski definition) is 1. The molecule has 1 aromatic heterocycles. The van der Waals surface area contributed by atoms with Crippen molar-refractivity contribution in [1.29, 1.82) is 0 Å². The van der Waals surface area contributed by atoms with Crippen LogP contribution in [-0.4, -0.2) is 16.1 Å². The second-order valence-corrected chi connectivity index (χ2v) is 4.56. The summed E-state index contributed by atoms with van der Waals surface area (Å²) >= 11 is 3.45. The average molecular weight is 280 g/mol. The number of aromatic nitrogens is 2. The van der Waals surface area contributed by atoms with Crippen LogP contribution in [0.15, 0.2) is 41.1 Å². The Morgan fingerprint density at radius 2 is 2.31 bits per heavy atom. The molecule has 0 aliphatic rings. The fourth-order valence-corrected chi connectivity index (χ4v) is 1.95. The van der Waals surface area contributed by atoms with E-state index in [4.69, 9.17) is 0 Å². The van der Waals surface area contributed by atoms with Crippen LogP contribution < -0.4 is 5.32 Å². The van der Waals surface area contributed by atoms with E-state index >= 15 is 0 Å². The molecule has 1 aromatic carbocycles. The molecular formula is C12H14BrN3. The summed E-state index contributed by atoms with van der Waals surface area (Å²) in [4.78, 5) is 4.28. The number of aryl methyl sites for hydroxylation is 1. The molecule has 3 nitrogen and oxygen atoms in total. The first kappa shape index (κ1) is 11.2. The van der Waals surface area contributed by atoms with Crippen molar-refractivity contribution in [2.75, 3.05) is 11.9 Å². The van der Waals surface area contributed by atoms with Crippen LogP contribution in [0.4, 0.5) is 5.69 Å². The van der Waals surface area contributed by atoms with Gasteiger partial charge in [-0.25, -0.2) is 4.98 Å². The van der Waals surface area contributed by atoms with Gasteiger partial charge in [-0.05, 0) is 18.2 Å². The number of anilines is 1. The van der Waals surface area contributed by atoms with Gasteiger partial charge in [0.25, 0.3) is 0 Å². The molecule has 0 fully saturated rings. The van der Waals surface area contributed by atoms with E-state index in [-0.39, 0.29) is 0 Å². The lowest BCUT2D eigenvalue weighted by Crippen LogP contribution is -2.08. The molecule has 4 heteroatoms. The zero-order valence-corrected chi connectivity index (χ0v) is 10.7. The fraction of sp³-hybridized carbons (Fsp3) is 0.250. The van der Waals surface area contributed by atoms with Gasteiger partial charge < -0.3 is 9.88 Å². The second kappa shape index (κ2) is 5.16. The molecular weight excluding hydrogens is 266 g/mol. The van der Waals surface area contributed by atoms with Crippen molar-refractivity contribution in [2.45, 2.75) is 6.42 Å². The Bertz CT molecular complexity index is 465. The van der Waals surface area contributed by atoms with Crippen LogP contribution in [0, 0.1) is 0 Å². The molecule has 0 unspecified atom stereocenters. The summed E-state index contributed by atoms with van der Waals surface area (Å²) in [5.74, 6) is 1.10. The van der Waals surface area contributed by atoms with Crippen molar-refractivity contribution in [2.24, 2.45) is 7.05 Å². The Hall–Kier alpha value is -1.29. The molecule has 0 bridgehead atoms.